The second kappa shape index (κ2) is 7.21. The zero-order chi connectivity index (χ0) is 19.8. The molecule has 1 aliphatic rings. The van der Waals surface area contributed by atoms with Crippen LogP contribution in [0.1, 0.15) is 17.2 Å². The summed E-state index contributed by atoms with van der Waals surface area (Å²) < 4.78 is 78.9. The summed E-state index contributed by atoms with van der Waals surface area (Å²) in [5.41, 5.74) is -0.268. The predicted molar refractivity (Wildman–Crippen MR) is 92.0 cm³/mol. The summed E-state index contributed by atoms with van der Waals surface area (Å²) in [4.78, 5) is 1.55. The van der Waals surface area contributed by atoms with Gasteiger partial charge >= 0.3 is 6.18 Å². The summed E-state index contributed by atoms with van der Waals surface area (Å²) in [5, 5.41) is 0. The van der Waals surface area contributed by atoms with Gasteiger partial charge in [0.05, 0.1) is 10.5 Å². The molecule has 0 saturated carbocycles. The molecule has 146 valence electrons. The van der Waals surface area contributed by atoms with Crippen molar-refractivity contribution in [2.45, 2.75) is 17.1 Å². The fourth-order valence-corrected chi connectivity index (χ4v) is 4.58. The quantitative estimate of drug-likeness (QED) is 0.738. The largest absolute Gasteiger partial charge is 0.416 e. The third-order valence-corrected chi connectivity index (χ3v) is 6.53. The fraction of sp³-hybridized carbons (Fsp3) is 0.333. The Balaban J connectivity index is 1.90. The van der Waals surface area contributed by atoms with Crippen molar-refractivity contribution in [3.05, 3.63) is 65.5 Å². The molecular weight excluding hydrogens is 384 g/mol. The molecule has 2 aromatic rings. The van der Waals surface area contributed by atoms with Crippen molar-refractivity contribution < 1.29 is 26.0 Å². The van der Waals surface area contributed by atoms with Crippen LogP contribution < -0.4 is 0 Å². The highest BCUT2D eigenvalue weighted by molar-refractivity contribution is 7.89. The van der Waals surface area contributed by atoms with Crippen LogP contribution in [0.5, 0.6) is 0 Å². The van der Waals surface area contributed by atoms with Gasteiger partial charge in [-0.05, 0) is 42.9 Å². The molecule has 1 fully saturated rings. The molecule has 4 nitrogen and oxygen atoms in total. The monoisotopic (exact) mass is 402 g/mol. The number of rotatable bonds is 3. The van der Waals surface area contributed by atoms with Gasteiger partial charge in [0, 0.05) is 25.7 Å². The number of halogens is 4. The van der Waals surface area contributed by atoms with Crippen LogP contribution >= 0.6 is 0 Å². The Morgan fingerprint density at radius 3 is 2.33 bits per heavy atom. The van der Waals surface area contributed by atoms with E-state index < -0.39 is 27.6 Å². The van der Waals surface area contributed by atoms with Crippen LogP contribution in [0.4, 0.5) is 17.6 Å². The molecular formula is C18H18F4N2O2S. The van der Waals surface area contributed by atoms with E-state index in [9.17, 15) is 26.0 Å². The molecule has 27 heavy (non-hydrogen) atoms. The summed E-state index contributed by atoms with van der Waals surface area (Å²) in [6.45, 7) is 0.633. The maximum Gasteiger partial charge on any atom is 0.416 e. The van der Waals surface area contributed by atoms with Gasteiger partial charge in [-0.25, -0.2) is 12.8 Å². The Morgan fingerprint density at radius 2 is 1.70 bits per heavy atom. The minimum absolute atomic E-state index is 0.0701. The van der Waals surface area contributed by atoms with Crippen molar-refractivity contribution in [3.63, 3.8) is 0 Å². The summed E-state index contributed by atoms with van der Waals surface area (Å²) in [5.74, 6) is -0.398. The Kier molecular flexibility index (Phi) is 5.29. The van der Waals surface area contributed by atoms with Crippen LogP contribution in [0, 0.1) is 5.82 Å². The maximum atomic E-state index is 13.2. The van der Waals surface area contributed by atoms with Crippen LogP contribution in [-0.4, -0.2) is 44.3 Å². The standard InChI is InChI=1S/C18H18F4N2O2S/c1-23-9-10-24(12-17(23)13-5-7-15(19)8-6-13)27(25,26)16-4-2-3-14(11-16)18(20,21)22/h2-8,11,17H,9-10,12H2,1H3. The first kappa shape index (κ1) is 19.8. The lowest BCUT2D eigenvalue weighted by atomic mass is 10.0. The van der Waals surface area contributed by atoms with E-state index in [-0.39, 0.29) is 24.0 Å². The summed E-state index contributed by atoms with van der Waals surface area (Å²) in [7, 11) is -2.26. The third-order valence-electron chi connectivity index (χ3n) is 4.66. The van der Waals surface area contributed by atoms with E-state index in [0.717, 1.165) is 23.8 Å². The predicted octanol–water partition coefficient (Wildman–Crippen LogP) is 3.52. The Morgan fingerprint density at radius 1 is 1.04 bits per heavy atom. The molecule has 0 spiro atoms. The number of hydrogen-bond donors (Lipinski definition) is 0. The van der Waals surface area contributed by atoms with Gasteiger partial charge in [0.15, 0.2) is 0 Å². The number of nitrogens with zero attached hydrogens (tertiary/aromatic N) is 2. The van der Waals surface area contributed by atoms with Crippen LogP contribution in [0.15, 0.2) is 53.4 Å². The number of likely N-dealkylation sites (N-methyl/N-ethyl adjacent to an activating group) is 1. The molecule has 0 radical (unpaired) electrons. The van der Waals surface area contributed by atoms with Crippen molar-refractivity contribution in [3.8, 4) is 0 Å². The molecule has 1 aliphatic heterocycles. The zero-order valence-electron chi connectivity index (χ0n) is 14.4. The molecule has 1 heterocycles. The Labute approximate surface area is 155 Å². The number of benzene rings is 2. The highest BCUT2D eigenvalue weighted by atomic mass is 32.2. The average molecular weight is 402 g/mol. The van der Waals surface area contributed by atoms with Crippen molar-refractivity contribution in [2.24, 2.45) is 0 Å². The zero-order valence-corrected chi connectivity index (χ0v) is 15.3. The molecule has 0 amide bonds. The van der Waals surface area contributed by atoms with E-state index >= 15 is 0 Å². The van der Waals surface area contributed by atoms with Gasteiger partial charge in [-0.2, -0.15) is 17.5 Å². The first-order chi connectivity index (χ1) is 12.6. The van der Waals surface area contributed by atoms with E-state index in [1.54, 1.807) is 12.1 Å². The van der Waals surface area contributed by atoms with Crippen molar-refractivity contribution in [1.82, 2.24) is 9.21 Å². The van der Waals surface area contributed by atoms with Gasteiger partial charge < -0.3 is 0 Å². The first-order valence-electron chi connectivity index (χ1n) is 8.22. The lowest BCUT2D eigenvalue weighted by Gasteiger charge is -2.39. The van der Waals surface area contributed by atoms with Crippen LogP contribution in [0.25, 0.3) is 0 Å². The molecule has 1 atom stereocenters. The molecule has 1 saturated heterocycles. The number of alkyl halides is 3. The van der Waals surface area contributed by atoms with Gasteiger partial charge in [0.2, 0.25) is 10.0 Å². The summed E-state index contributed by atoms with van der Waals surface area (Å²) in [6, 6.07) is 9.17. The lowest BCUT2D eigenvalue weighted by molar-refractivity contribution is -0.137. The van der Waals surface area contributed by atoms with Gasteiger partial charge in [0.25, 0.3) is 0 Å². The fourth-order valence-electron chi connectivity index (χ4n) is 3.09. The second-order valence-electron chi connectivity index (χ2n) is 6.44. The van der Waals surface area contributed by atoms with E-state index in [0.29, 0.717) is 12.6 Å². The van der Waals surface area contributed by atoms with Crippen LogP contribution in [0.2, 0.25) is 0 Å². The number of piperazine rings is 1. The van der Waals surface area contributed by atoms with Gasteiger partial charge in [-0.1, -0.05) is 18.2 Å². The molecule has 9 heteroatoms. The van der Waals surface area contributed by atoms with Gasteiger partial charge in [-0.3, -0.25) is 4.90 Å². The smallest absolute Gasteiger partial charge is 0.297 e. The van der Waals surface area contributed by atoms with E-state index in [2.05, 4.69) is 0 Å². The van der Waals surface area contributed by atoms with Gasteiger partial charge in [0.1, 0.15) is 5.82 Å². The number of hydrogen-bond acceptors (Lipinski definition) is 3. The van der Waals surface area contributed by atoms with Crippen molar-refractivity contribution in [2.75, 3.05) is 26.7 Å². The molecule has 1 unspecified atom stereocenters. The maximum absolute atomic E-state index is 13.2. The lowest BCUT2D eigenvalue weighted by Crippen LogP contribution is -2.48. The normalized spacial score (nSPS) is 20.0. The van der Waals surface area contributed by atoms with Crippen molar-refractivity contribution in [1.29, 1.82) is 0 Å². The van der Waals surface area contributed by atoms with Crippen LogP contribution in [0.3, 0.4) is 0 Å². The van der Waals surface area contributed by atoms with Gasteiger partial charge in [-0.15, -0.1) is 0 Å². The van der Waals surface area contributed by atoms with E-state index in [1.807, 2.05) is 11.9 Å². The first-order valence-corrected chi connectivity index (χ1v) is 9.66. The average Bonchev–Trinajstić information content (AvgIpc) is 2.62. The topological polar surface area (TPSA) is 40.6 Å². The minimum atomic E-state index is -4.62. The Hall–Kier alpha value is -1.97. The minimum Gasteiger partial charge on any atom is -0.297 e. The summed E-state index contributed by atoms with van der Waals surface area (Å²) >= 11 is 0. The van der Waals surface area contributed by atoms with Crippen molar-refractivity contribution >= 4 is 10.0 Å². The third kappa shape index (κ3) is 4.15. The van der Waals surface area contributed by atoms with E-state index in [4.69, 9.17) is 0 Å². The second-order valence-corrected chi connectivity index (χ2v) is 8.37. The summed E-state index contributed by atoms with van der Waals surface area (Å²) in [6.07, 6.45) is -4.62. The molecule has 0 aliphatic carbocycles. The SMILES string of the molecule is CN1CCN(S(=O)(=O)c2cccc(C(F)(F)F)c2)CC1c1ccc(F)cc1. The Bertz CT molecular complexity index is 914. The molecule has 0 aromatic heterocycles. The molecule has 0 bridgehead atoms. The molecule has 2 aromatic carbocycles. The van der Waals surface area contributed by atoms with E-state index in [1.165, 1.54) is 16.4 Å². The molecule has 3 rings (SSSR count). The van der Waals surface area contributed by atoms with Crippen LogP contribution in [-0.2, 0) is 16.2 Å². The number of sulfonamides is 1. The molecule has 0 N–H and O–H groups in total. The highest BCUT2D eigenvalue weighted by Gasteiger charge is 2.36. The highest BCUT2D eigenvalue weighted by Crippen LogP contribution is 2.32.